The maximum absolute atomic E-state index is 12.4. The fraction of sp³-hybridized carbons (Fsp3) is 0.389. The van der Waals surface area contributed by atoms with E-state index in [2.05, 4.69) is 14.9 Å². The number of imide groups is 1. The Labute approximate surface area is 168 Å². The van der Waals surface area contributed by atoms with Crippen molar-refractivity contribution in [2.45, 2.75) is 32.5 Å². The van der Waals surface area contributed by atoms with Crippen molar-refractivity contribution in [3.63, 3.8) is 0 Å². The molecule has 2 amide bonds. The fourth-order valence-electron chi connectivity index (χ4n) is 2.72. The first-order chi connectivity index (χ1) is 14.4. The number of hydrogen-bond donors (Lipinski definition) is 0. The second-order valence-electron chi connectivity index (χ2n) is 6.11. The molecule has 0 N–H and O–H groups in total. The van der Waals surface area contributed by atoms with E-state index in [4.69, 9.17) is 14.0 Å². The second-order valence-corrected chi connectivity index (χ2v) is 6.11. The Morgan fingerprint density at radius 3 is 2.63 bits per heavy atom. The molecule has 1 saturated heterocycles. The molecule has 0 radical (unpaired) electrons. The van der Waals surface area contributed by atoms with Crippen molar-refractivity contribution in [2.24, 2.45) is 0 Å². The summed E-state index contributed by atoms with van der Waals surface area (Å²) in [5, 5.41) is 3.74. The number of ether oxygens (including phenoxy) is 3. The molecule has 30 heavy (non-hydrogen) atoms. The van der Waals surface area contributed by atoms with Crippen molar-refractivity contribution in [1.82, 2.24) is 15.0 Å². The smallest absolute Gasteiger partial charge is 0.387 e. The molecule has 1 aliphatic rings. The van der Waals surface area contributed by atoms with Crippen LogP contribution in [0.4, 0.5) is 8.78 Å². The van der Waals surface area contributed by atoms with Gasteiger partial charge in [0.05, 0.1) is 13.5 Å². The highest BCUT2D eigenvalue weighted by Gasteiger charge is 2.29. The molecule has 0 spiro atoms. The minimum atomic E-state index is -3.00. The van der Waals surface area contributed by atoms with E-state index in [1.165, 1.54) is 25.3 Å². The Balaban J connectivity index is 1.55. The molecule has 1 aromatic heterocycles. The van der Waals surface area contributed by atoms with E-state index in [9.17, 15) is 23.2 Å². The van der Waals surface area contributed by atoms with Gasteiger partial charge in [-0.1, -0.05) is 5.16 Å². The topological polar surface area (TPSA) is 121 Å². The van der Waals surface area contributed by atoms with Gasteiger partial charge < -0.3 is 18.7 Å². The van der Waals surface area contributed by atoms with Crippen molar-refractivity contribution in [3.8, 4) is 22.9 Å². The number of methoxy groups -OCH3 is 1. The SMILES string of the molecule is COc1cc(-c2noc(COC(=O)CCN3C(=O)CCC3=O)n2)ccc1OC(F)F. The lowest BCUT2D eigenvalue weighted by Crippen LogP contribution is -2.31. The zero-order chi connectivity index (χ0) is 21.7. The van der Waals surface area contributed by atoms with Crippen molar-refractivity contribution in [2.75, 3.05) is 13.7 Å². The van der Waals surface area contributed by atoms with Crippen LogP contribution in [0.1, 0.15) is 25.2 Å². The number of benzene rings is 1. The molecule has 2 aromatic rings. The van der Waals surface area contributed by atoms with Crippen molar-refractivity contribution in [3.05, 3.63) is 24.1 Å². The fourth-order valence-corrected chi connectivity index (χ4v) is 2.72. The van der Waals surface area contributed by atoms with Gasteiger partial charge >= 0.3 is 12.6 Å². The van der Waals surface area contributed by atoms with Gasteiger partial charge in [0.15, 0.2) is 18.1 Å². The predicted octanol–water partition coefficient (Wildman–Crippen LogP) is 1.93. The Morgan fingerprint density at radius 2 is 1.97 bits per heavy atom. The van der Waals surface area contributed by atoms with Gasteiger partial charge in [-0.3, -0.25) is 19.3 Å². The van der Waals surface area contributed by atoms with Gasteiger partial charge in [-0.25, -0.2) is 0 Å². The lowest BCUT2D eigenvalue weighted by molar-refractivity contribution is -0.147. The first-order valence-electron chi connectivity index (χ1n) is 8.82. The van der Waals surface area contributed by atoms with Crippen molar-refractivity contribution >= 4 is 17.8 Å². The maximum atomic E-state index is 12.4. The molecule has 1 fully saturated rings. The van der Waals surface area contributed by atoms with Crippen LogP contribution in [0, 0.1) is 0 Å². The number of likely N-dealkylation sites (tertiary alicyclic amines) is 1. The van der Waals surface area contributed by atoms with Crippen LogP contribution in [0.2, 0.25) is 0 Å². The van der Waals surface area contributed by atoms with E-state index in [1.807, 2.05) is 0 Å². The van der Waals surface area contributed by atoms with Crippen LogP contribution >= 0.6 is 0 Å². The largest absolute Gasteiger partial charge is 0.493 e. The average Bonchev–Trinajstić information content (AvgIpc) is 3.31. The lowest BCUT2D eigenvalue weighted by atomic mass is 10.2. The van der Waals surface area contributed by atoms with E-state index in [-0.39, 0.29) is 67.4 Å². The first-order valence-corrected chi connectivity index (χ1v) is 8.82. The number of hydrogen-bond acceptors (Lipinski definition) is 9. The zero-order valence-corrected chi connectivity index (χ0v) is 15.8. The summed E-state index contributed by atoms with van der Waals surface area (Å²) in [7, 11) is 1.29. The summed E-state index contributed by atoms with van der Waals surface area (Å²) in [6.45, 7) is -3.35. The third-order valence-corrected chi connectivity index (χ3v) is 4.16. The van der Waals surface area contributed by atoms with Crippen molar-refractivity contribution < 1.29 is 41.9 Å². The molecule has 160 valence electrons. The Hall–Kier alpha value is -3.57. The highest BCUT2D eigenvalue weighted by atomic mass is 19.3. The van der Waals surface area contributed by atoms with Crippen LogP contribution in [-0.4, -0.2) is 53.1 Å². The molecule has 1 aliphatic heterocycles. The standard InChI is InChI=1S/C18H17F2N3O7/c1-27-12-8-10(2-3-11(12)29-18(19)20)17-21-13(30-22-17)9-28-16(26)6-7-23-14(24)4-5-15(23)25/h2-3,8,18H,4-7,9H2,1H3. The number of halogens is 2. The van der Waals surface area contributed by atoms with Gasteiger partial charge in [0.25, 0.3) is 5.89 Å². The monoisotopic (exact) mass is 425 g/mol. The summed E-state index contributed by atoms with van der Waals surface area (Å²) in [5.41, 5.74) is 0.404. The summed E-state index contributed by atoms with van der Waals surface area (Å²) in [5.74, 6) is -1.24. The minimum Gasteiger partial charge on any atom is -0.493 e. The number of nitrogens with zero attached hydrogens (tertiary/aromatic N) is 3. The molecular weight excluding hydrogens is 408 g/mol. The highest BCUT2D eigenvalue weighted by molar-refractivity contribution is 6.02. The number of alkyl halides is 2. The molecule has 0 bridgehead atoms. The molecule has 1 aromatic carbocycles. The number of rotatable bonds is 9. The zero-order valence-electron chi connectivity index (χ0n) is 15.8. The van der Waals surface area contributed by atoms with Crippen LogP contribution in [0.15, 0.2) is 22.7 Å². The molecule has 2 heterocycles. The second kappa shape index (κ2) is 9.29. The summed E-state index contributed by atoms with van der Waals surface area (Å²) in [6.07, 6.45) is 0.151. The van der Waals surface area contributed by atoms with Crippen LogP contribution < -0.4 is 9.47 Å². The minimum absolute atomic E-state index is 0.00134. The van der Waals surface area contributed by atoms with E-state index >= 15 is 0 Å². The van der Waals surface area contributed by atoms with Gasteiger partial charge in [-0.15, -0.1) is 0 Å². The number of amides is 2. The van der Waals surface area contributed by atoms with E-state index in [0.29, 0.717) is 5.56 Å². The Morgan fingerprint density at radius 1 is 1.23 bits per heavy atom. The molecule has 0 unspecified atom stereocenters. The highest BCUT2D eigenvalue weighted by Crippen LogP contribution is 2.32. The molecule has 12 heteroatoms. The van der Waals surface area contributed by atoms with Gasteiger partial charge in [-0.2, -0.15) is 13.8 Å². The van der Waals surface area contributed by atoms with Gasteiger partial charge in [-0.05, 0) is 18.2 Å². The summed E-state index contributed by atoms with van der Waals surface area (Å²) < 4.78 is 44.2. The molecule has 0 aliphatic carbocycles. The maximum Gasteiger partial charge on any atom is 0.387 e. The number of carbonyl (C=O) groups is 3. The summed E-state index contributed by atoms with van der Waals surface area (Å²) in [4.78, 5) is 39.9. The number of aromatic nitrogens is 2. The van der Waals surface area contributed by atoms with E-state index in [0.717, 1.165) is 4.90 Å². The van der Waals surface area contributed by atoms with E-state index in [1.54, 1.807) is 0 Å². The lowest BCUT2D eigenvalue weighted by Gasteiger charge is -2.12. The van der Waals surface area contributed by atoms with Crippen molar-refractivity contribution in [1.29, 1.82) is 0 Å². The van der Waals surface area contributed by atoms with Crippen LogP contribution in [0.3, 0.4) is 0 Å². The molecule has 0 atom stereocenters. The normalized spacial score (nSPS) is 13.8. The Kier molecular flexibility index (Phi) is 6.54. The summed E-state index contributed by atoms with van der Waals surface area (Å²) >= 11 is 0. The predicted molar refractivity (Wildman–Crippen MR) is 93.3 cm³/mol. The van der Waals surface area contributed by atoms with Gasteiger partial charge in [0.2, 0.25) is 17.6 Å². The number of carbonyl (C=O) groups excluding carboxylic acids is 3. The van der Waals surface area contributed by atoms with Crippen LogP contribution in [-0.2, 0) is 25.7 Å². The van der Waals surface area contributed by atoms with Crippen LogP contribution in [0.25, 0.3) is 11.4 Å². The summed E-state index contributed by atoms with van der Waals surface area (Å²) in [6, 6.07) is 4.10. The third kappa shape index (κ3) is 5.07. The molecule has 0 saturated carbocycles. The quantitative estimate of drug-likeness (QED) is 0.438. The van der Waals surface area contributed by atoms with Gasteiger partial charge in [0, 0.05) is 24.9 Å². The molecule has 3 rings (SSSR count). The first kappa shape index (κ1) is 21.1. The third-order valence-electron chi connectivity index (χ3n) is 4.16. The Bertz CT molecular complexity index is 932. The molecular formula is C18H17F2N3O7. The van der Waals surface area contributed by atoms with E-state index < -0.39 is 12.6 Å². The van der Waals surface area contributed by atoms with Crippen LogP contribution in [0.5, 0.6) is 11.5 Å². The molecule has 10 nitrogen and oxygen atoms in total. The average molecular weight is 425 g/mol. The van der Waals surface area contributed by atoms with Gasteiger partial charge in [0.1, 0.15) is 0 Å². The number of esters is 1.